The molecule has 1 aliphatic heterocycles. The minimum atomic E-state index is -0.240. The average molecular weight is 318 g/mol. The summed E-state index contributed by atoms with van der Waals surface area (Å²) in [5.41, 5.74) is 0.797. The van der Waals surface area contributed by atoms with Crippen molar-refractivity contribution in [2.45, 2.75) is 45.7 Å². The van der Waals surface area contributed by atoms with E-state index < -0.39 is 0 Å². The van der Waals surface area contributed by atoms with Gasteiger partial charge in [-0.2, -0.15) is 0 Å². The van der Waals surface area contributed by atoms with Gasteiger partial charge < -0.3 is 15.5 Å². The molecule has 6 heteroatoms. The van der Waals surface area contributed by atoms with Gasteiger partial charge in [-0.25, -0.2) is 4.79 Å². The van der Waals surface area contributed by atoms with Gasteiger partial charge in [-0.15, -0.1) is 0 Å². The van der Waals surface area contributed by atoms with Crippen molar-refractivity contribution in [3.63, 3.8) is 0 Å². The maximum atomic E-state index is 12.2. The summed E-state index contributed by atoms with van der Waals surface area (Å²) in [6.45, 7) is 7.65. The Morgan fingerprint density at radius 3 is 2.39 bits per heavy atom. The first-order valence-corrected chi connectivity index (χ1v) is 8.09. The molecular weight excluding hydrogens is 292 g/mol. The standard InChI is InChI=1S/C17H26N4O2/c1-17(2,3)20-16(23)21-10-6-14(7-11-21)15(22)19-12-13-4-8-18-9-5-13/h4-5,8-9,14H,6-7,10-12H2,1-3H3,(H,19,22)(H,20,23). The van der Waals surface area contributed by atoms with E-state index in [0.717, 1.165) is 5.56 Å². The topological polar surface area (TPSA) is 74.3 Å². The fourth-order valence-electron chi connectivity index (χ4n) is 2.58. The normalized spacial score (nSPS) is 16.0. The van der Waals surface area contributed by atoms with Crippen molar-refractivity contribution in [3.05, 3.63) is 30.1 Å². The number of nitrogens with one attached hydrogen (secondary N) is 2. The van der Waals surface area contributed by atoms with Gasteiger partial charge in [-0.1, -0.05) is 0 Å². The highest BCUT2D eigenvalue weighted by atomic mass is 16.2. The van der Waals surface area contributed by atoms with Crippen LogP contribution in [0, 0.1) is 5.92 Å². The molecule has 1 aliphatic rings. The molecule has 0 aliphatic carbocycles. The van der Waals surface area contributed by atoms with Crippen LogP contribution in [0.2, 0.25) is 0 Å². The molecule has 126 valence electrons. The van der Waals surface area contributed by atoms with Crippen LogP contribution in [0.3, 0.4) is 0 Å². The second-order valence-corrected chi connectivity index (χ2v) is 7.01. The molecule has 2 heterocycles. The third kappa shape index (κ3) is 5.54. The van der Waals surface area contributed by atoms with Gasteiger partial charge in [0.1, 0.15) is 0 Å². The van der Waals surface area contributed by atoms with Crippen LogP contribution in [0.15, 0.2) is 24.5 Å². The summed E-state index contributed by atoms with van der Waals surface area (Å²) in [5, 5.41) is 5.93. The van der Waals surface area contributed by atoms with Crippen LogP contribution in [0.25, 0.3) is 0 Å². The van der Waals surface area contributed by atoms with Gasteiger partial charge in [-0.05, 0) is 51.3 Å². The molecule has 6 nitrogen and oxygen atoms in total. The first-order chi connectivity index (χ1) is 10.8. The van der Waals surface area contributed by atoms with E-state index in [9.17, 15) is 9.59 Å². The molecule has 0 radical (unpaired) electrons. The average Bonchev–Trinajstić information content (AvgIpc) is 2.52. The van der Waals surface area contributed by atoms with Crippen LogP contribution >= 0.6 is 0 Å². The summed E-state index contributed by atoms with van der Waals surface area (Å²) < 4.78 is 0. The summed E-state index contributed by atoms with van der Waals surface area (Å²) in [6, 6.07) is 3.73. The molecule has 0 bridgehead atoms. The van der Waals surface area contributed by atoms with Crippen LogP contribution in [-0.2, 0) is 11.3 Å². The quantitative estimate of drug-likeness (QED) is 0.894. The van der Waals surface area contributed by atoms with E-state index in [0.29, 0.717) is 32.5 Å². The predicted molar refractivity (Wildman–Crippen MR) is 88.7 cm³/mol. The lowest BCUT2D eigenvalue weighted by Gasteiger charge is -2.33. The first-order valence-electron chi connectivity index (χ1n) is 8.09. The molecule has 0 saturated carbocycles. The molecule has 23 heavy (non-hydrogen) atoms. The van der Waals surface area contributed by atoms with Crippen molar-refractivity contribution >= 4 is 11.9 Å². The van der Waals surface area contributed by atoms with E-state index in [1.807, 2.05) is 32.9 Å². The van der Waals surface area contributed by atoms with E-state index in [1.54, 1.807) is 17.3 Å². The van der Waals surface area contributed by atoms with Gasteiger partial charge in [0.2, 0.25) is 5.91 Å². The summed E-state index contributed by atoms with van der Waals surface area (Å²) in [5.74, 6) is 0.0493. The lowest BCUT2D eigenvalue weighted by Crippen LogP contribution is -2.51. The number of carbonyl (C=O) groups excluding carboxylic acids is 2. The molecule has 0 atom stereocenters. The van der Waals surface area contributed by atoms with E-state index in [2.05, 4.69) is 15.6 Å². The largest absolute Gasteiger partial charge is 0.352 e. The van der Waals surface area contributed by atoms with Crippen molar-refractivity contribution in [2.75, 3.05) is 13.1 Å². The van der Waals surface area contributed by atoms with E-state index >= 15 is 0 Å². The summed E-state index contributed by atoms with van der Waals surface area (Å²) in [6.07, 6.45) is 4.85. The fourth-order valence-corrected chi connectivity index (χ4v) is 2.58. The van der Waals surface area contributed by atoms with Crippen molar-refractivity contribution in [1.29, 1.82) is 0 Å². The van der Waals surface area contributed by atoms with Crippen molar-refractivity contribution in [1.82, 2.24) is 20.5 Å². The molecule has 1 aromatic rings. The molecule has 2 rings (SSSR count). The maximum Gasteiger partial charge on any atom is 0.317 e. The molecule has 1 aromatic heterocycles. The number of piperidine rings is 1. The Morgan fingerprint density at radius 1 is 1.22 bits per heavy atom. The minimum absolute atomic E-state index is 0.0180. The van der Waals surface area contributed by atoms with Gasteiger partial charge in [0.25, 0.3) is 0 Å². The first kappa shape index (κ1) is 17.2. The highest BCUT2D eigenvalue weighted by Crippen LogP contribution is 2.18. The number of carbonyl (C=O) groups is 2. The highest BCUT2D eigenvalue weighted by Gasteiger charge is 2.28. The van der Waals surface area contributed by atoms with Gasteiger partial charge in [-0.3, -0.25) is 9.78 Å². The van der Waals surface area contributed by atoms with E-state index in [-0.39, 0.29) is 23.4 Å². The second kappa shape index (κ2) is 7.44. The minimum Gasteiger partial charge on any atom is -0.352 e. The highest BCUT2D eigenvalue weighted by molar-refractivity contribution is 5.79. The van der Waals surface area contributed by atoms with Crippen LogP contribution in [-0.4, -0.2) is 40.5 Å². The molecule has 2 N–H and O–H groups in total. The molecule has 0 spiro atoms. The molecule has 0 unspecified atom stereocenters. The third-order valence-corrected chi connectivity index (χ3v) is 3.85. The summed E-state index contributed by atoms with van der Waals surface area (Å²) >= 11 is 0. The second-order valence-electron chi connectivity index (χ2n) is 7.01. The number of pyridine rings is 1. The van der Waals surface area contributed by atoms with Gasteiger partial charge in [0.15, 0.2) is 0 Å². The molecule has 3 amide bonds. The number of aromatic nitrogens is 1. The molecular formula is C17H26N4O2. The van der Waals surface area contributed by atoms with Gasteiger partial charge in [0, 0.05) is 43.5 Å². The van der Waals surface area contributed by atoms with Crippen LogP contribution in [0.4, 0.5) is 4.79 Å². The zero-order valence-electron chi connectivity index (χ0n) is 14.1. The number of likely N-dealkylation sites (tertiary alicyclic amines) is 1. The SMILES string of the molecule is CC(C)(C)NC(=O)N1CCC(C(=O)NCc2ccncc2)CC1. The maximum absolute atomic E-state index is 12.2. The summed E-state index contributed by atoms with van der Waals surface area (Å²) in [7, 11) is 0. The van der Waals surface area contributed by atoms with E-state index in [4.69, 9.17) is 0 Å². The Kier molecular flexibility index (Phi) is 5.58. The smallest absolute Gasteiger partial charge is 0.317 e. The van der Waals surface area contributed by atoms with Crippen LogP contribution in [0.5, 0.6) is 0 Å². The van der Waals surface area contributed by atoms with Crippen molar-refractivity contribution in [3.8, 4) is 0 Å². The summed E-state index contributed by atoms with van der Waals surface area (Å²) in [4.78, 5) is 30.1. The Balaban J connectivity index is 1.75. The Morgan fingerprint density at radius 2 is 1.83 bits per heavy atom. The van der Waals surface area contributed by atoms with Crippen LogP contribution in [0.1, 0.15) is 39.2 Å². The predicted octanol–water partition coefficient (Wildman–Crippen LogP) is 1.92. The number of rotatable bonds is 3. The molecule has 1 fully saturated rings. The van der Waals surface area contributed by atoms with Crippen LogP contribution < -0.4 is 10.6 Å². The zero-order chi connectivity index (χ0) is 16.9. The van der Waals surface area contributed by atoms with Crippen molar-refractivity contribution < 1.29 is 9.59 Å². The lowest BCUT2D eigenvalue weighted by molar-refractivity contribution is -0.126. The lowest BCUT2D eigenvalue weighted by atomic mass is 9.96. The number of nitrogens with zero attached hydrogens (tertiary/aromatic N) is 2. The Hall–Kier alpha value is -2.11. The Labute approximate surface area is 137 Å². The molecule has 0 aromatic carbocycles. The van der Waals surface area contributed by atoms with Crippen molar-refractivity contribution in [2.24, 2.45) is 5.92 Å². The zero-order valence-corrected chi connectivity index (χ0v) is 14.1. The number of hydrogen-bond acceptors (Lipinski definition) is 3. The number of hydrogen-bond donors (Lipinski definition) is 2. The Bertz CT molecular complexity index is 531. The number of amides is 3. The third-order valence-electron chi connectivity index (χ3n) is 3.85. The van der Waals surface area contributed by atoms with Gasteiger partial charge in [0.05, 0.1) is 0 Å². The van der Waals surface area contributed by atoms with Gasteiger partial charge >= 0.3 is 6.03 Å². The van der Waals surface area contributed by atoms with E-state index in [1.165, 1.54) is 0 Å². The fraction of sp³-hybridized carbons (Fsp3) is 0.588. The monoisotopic (exact) mass is 318 g/mol. The molecule has 1 saturated heterocycles. The number of urea groups is 1.